The highest BCUT2D eigenvalue weighted by atomic mass is 32.2. The third kappa shape index (κ3) is 5.51. The highest BCUT2D eigenvalue weighted by molar-refractivity contribution is 7.95. The molecular weight excluding hydrogens is 317 g/mol. The summed E-state index contributed by atoms with van der Waals surface area (Å²) in [6.45, 7) is 6.01. The van der Waals surface area contributed by atoms with Gasteiger partial charge in [0.1, 0.15) is 0 Å². The number of hydrogen-bond acceptors (Lipinski definition) is 2. The van der Waals surface area contributed by atoms with Gasteiger partial charge in [0.2, 0.25) is 0 Å². The van der Waals surface area contributed by atoms with Gasteiger partial charge in [-0.05, 0) is 11.1 Å². The van der Waals surface area contributed by atoms with Gasteiger partial charge < -0.3 is 0 Å². The highest BCUT2D eigenvalue weighted by Gasteiger charge is 2.44. The summed E-state index contributed by atoms with van der Waals surface area (Å²) < 4.78 is 60.3. The molecule has 0 fully saturated rings. The monoisotopic (exact) mass is 334 g/mol. The molecule has 0 aliphatic carbocycles. The smallest absolute Gasteiger partial charge is 0.215 e. The normalized spacial score (nSPS) is 14.7. The zero-order valence-corrected chi connectivity index (χ0v) is 13.8. The second-order valence-corrected chi connectivity index (χ2v) is 12.5. The van der Waals surface area contributed by atoms with E-state index in [1.165, 1.54) is 6.08 Å². The molecule has 0 bridgehead atoms. The van der Waals surface area contributed by atoms with Crippen LogP contribution >= 0.6 is 0 Å². The summed E-state index contributed by atoms with van der Waals surface area (Å²) in [5, 5.41) is 0.291. The van der Waals surface area contributed by atoms with Gasteiger partial charge >= 0.3 is 5.51 Å². The Labute approximate surface area is 123 Å². The Morgan fingerprint density at radius 1 is 1.10 bits per heavy atom. The summed E-state index contributed by atoms with van der Waals surface area (Å²) in [7, 11) is -6.98. The summed E-state index contributed by atoms with van der Waals surface area (Å²) in [6, 6.07) is 8.15. The lowest BCUT2D eigenvalue weighted by Crippen LogP contribution is -2.21. The van der Waals surface area contributed by atoms with Crippen LogP contribution in [0.1, 0.15) is 5.56 Å². The number of rotatable bonds is 4. The Balaban J connectivity index is 3.38. The molecule has 0 saturated carbocycles. The van der Waals surface area contributed by atoms with Gasteiger partial charge in [0.25, 0.3) is 9.84 Å². The summed E-state index contributed by atoms with van der Waals surface area (Å²) in [5.41, 5.74) is -3.02. The van der Waals surface area contributed by atoms with Crippen LogP contribution in [0.15, 0.2) is 47.5 Å². The molecule has 7 heteroatoms. The first-order chi connectivity index (χ1) is 9.42. The number of alkyl halides is 3. The zero-order valence-electron chi connectivity index (χ0n) is 12.0. The summed E-state index contributed by atoms with van der Waals surface area (Å²) >= 11 is 0. The summed E-state index contributed by atoms with van der Waals surface area (Å²) in [4.78, 5) is 0. The van der Waals surface area contributed by atoms with Crippen LogP contribution in [0.25, 0.3) is 5.57 Å². The van der Waals surface area contributed by atoms with E-state index in [-0.39, 0.29) is 5.57 Å². The molecule has 0 unspecified atom stereocenters. The van der Waals surface area contributed by atoms with Crippen molar-refractivity contribution in [3.63, 3.8) is 0 Å². The van der Waals surface area contributed by atoms with Gasteiger partial charge in [0.15, 0.2) is 0 Å². The fraction of sp³-hybridized carbons (Fsp3) is 0.286. The molecule has 0 aromatic heterocycles. The molecule has 0 saturated heterocycles. The van der Waals surface area contributed by atoms with E-state index in [0.29, 0.717) is 11.0 Å². The molecule has 0 atom stereocenters. The van der Waals surface area contributed by atoms with Crippen LogP contribution in [0.2, 0.25) is 19.6 Å². The minimum absolute atomic E-state index is 0.0374. The van der Waals surface area contributed by atoms with Gasteiger partial charge in [0, 0.05) is 5.41 Å². The van der Waals surface area contributed by atoms with Crippen LogP contribution in [0.4, 0.5) is 13.2 Å². The van der Waals surface area contributed by atoms with Crippen molar-refractivity contribution in [3.05, 3.63) is 53.1 Å². The first kappa shape index (κ1) is 17.7. The molecule has 0 aliphatic heterocycles. The predicted molar refractivity (Wildman–Crippen MR) is 81.9 cm³/mol. The Morgan fingerprint density at radius 3 is 2.05 bits per heavy atom. The summed E-state index contributed by atoms with van der Waals surface area (Å²) in [6.07, 6.45) is 1.46. The largest absolute Gasteiger partial charge is 0.501 e. The number of sulfone groups is 1. The maximum absolute atomic E-state index is 12.5. The van der Waals surface area contributed by atoms with Crippen molar-refractivity contribution in [3.8, 4) is 0 Å². The molecular formula is C14H17F3O2SSi. The molecule has 2 nitrogen and oxygen atoms in total. The molecule has 21 heavy (non-hydrogen) atoms. The predicted octanol–water partition coefficient (Wildman–Crippen LogP) is 4.40. The molecule has 0 radical (unpaired) electrons. The molecule has 0 aliphatic rings. The third-order valence-electron chi connectivity index (χ3n) is 2.47. The average Bonchev–Trinajstić information content (AvgIpc) is 2.33. The molecule has 0 heterocycles. The lowest BCUT2D eigenvalue weighted by Gasteiger charge is -2.11. The summed E-state index contributed by atoms with van der Waals surface area (Å²) in [5.74, 6) is 0. The van der Waals surface area contributed by atoms with Gasteiger partial charge in [0.05, 0.1) is 8.07 Å². The van der Waals surface area contributed by atoms with Gasteiger partial charge in [-0.2, -0.15) is 13.2 Å². The first-order valence-electron chi connectivity index (χ1n) is 6.20. The van der Waals surface area contributed by atoms with E-state index < -0.39 is 23.4 Å². The van der Waals surface area contributed by atoms with Gasteiger partial charge in [-0.15, -0.1) is 0 Å². The minimum atomic E-state index is -5.31. The Kier molecular flexibility index (Phi) is 5.22. The lowest BCUT2D eigenvalue weighted by molar-refractivity contribution is -0.0423. The van der Waals surface area contributed by atoms with Crippen molar-refractivity contribution < 1.29 is 21.6 Å². The second-order valence-electron chi connectivity index (χ2n) is 5.63. The van der Waals surface area contributed by atoms with Gasteiger partial charge in [-0.3, -0.25) is 0 Å². The number of allylic oxidation sites excluding steroid dienone is 2. The van der Waals surface area contributed by atoms with Crippen molar-refractivity contribution in [1.29, 1.82) is 0 Å². The minimum Gasteiger partial charge on any atom is -0.215 e. The first-order valence-corrected chi connectivity index (χ1v) is 11.3. The molecule has 1 rings (SSSR count). The Bertz CT molecular complexity index is 639. The maximum atomic E-state index is 12.5. The Hall–Kier alpha value is -1.34. The van der Waals surface area contributed by atoms with Crippen molar-refractivity contribution in [2.45, 2.75) is 25.1 Å². The quantitative estimate of drug-likeness (QED) is 0.604. The van der Waals surface area contributed by atoms with Crippen LogP contribution in [0.3, 0.4) is 0 Å². The van der Waals surface area contributed by atoms with Crippen molar-refractivity contribution in [1.82, 2.24) is 0 Å². The Morgan fingerprint density at radius 2 is 1.62 bits per heavy atom. The third-order valence-corrected chi connectivity index (χ3v) is 4.85. The molecule has 0 N–H and O–H groups in total. The van der Waals surface area contributed by atoms with E-state index in [9.17, 15) is 21.6 Å². The van der Waals surface area contributed by atoms with Gasteiger partial charge in [-0.1, -0.05) is 61.7 Å². The van der Waals surface area contributed by atoms with Crippen molar-refractivity contribution in [2.24, 2.45) is 0 Å². The van der Waals surface area contributed by atoms with E-state index in [1.807, 2.05) is 19.6 Å². The van der Waals surface area contributed by atoms with Crippen LogP contribution in [0, 0.1) is 0 Å². The average molecular weight is 334 g/mol. The van der Waals surface area contributed by atoms with Crippen LogP contribution < -0.4 is 0 Å². The molecule has 116 valence electrons. The lowest BCUT2D eigenvalue weighted by atomic mass is 10.1. The molecule has 1 aromatic rings. The van der Waals surface area contributed by atoms with Crippen molar-refractivity contribution in [2.75, 3.05) is 0 Å². The van der Waals surface area contributed by atoms with Crippen molar-refractivity contribution >= 4 is 23.5 Å². The fourth-order valence-corrected chi connectivity index (χ4v) is 2.77. The van der Waals surface area contributed by atoms with Gasteiger partial charge in [-0.25, -0.2) is 8.42 Å². The fourth-order valence-electron chi connectivity index (χ4n) is 1.41. The number of halogens is 3. The molecule has 0 spiro atoms. The SMILES string of the molecule is C[Si](C)(C)/C=C/C(=C\S(=O)(=O)C(F)(F)F)c1ccccc1. The topological polar surface area (TPSA) is 34.1 Å². The van der Waals surface area contributed by atoms with Crippen LogP contribution in [-0.2, 0) is 9.84 Å². The molecule has 0 amide bonds. The number of hydrogen-bond donors (Lipinski definition) is 0. The zero-order chi connectivity index (χ0) is 16.3. The second kappa shape index (κ2) is 6.19. The maximum Gasteiger partial charge on any atom is 0.501 e. The molecule has 1 aromatic carbocycles. The number of benzene rings is 1. The highest BCUT2D eigenvalue weighted by Crippen LogP contribution is 2.28. The van der Waals surface area contributed by atoms with E-state index in [2.05, 4.69) is 0 Å². The van der Waals surface area contributed by atoms with E-state index in [0.717, 1.165) is 0 Å². The van der Waals surface area contributed by atoms with E-state index >= 15 is 0 Å². The van der Waals surface area contributed by atoms with Crippen LogP contribution in [-0.4, -0.2) is 22.0 Å². The standard InChI is InChI=1S/C14H17F3O2SSi/c1-21(2,3)10-9-13(12-7-5-4-6-8-12)11-20(18,19)14(15,16)17/h4-11H,1-3H3/b10-9+,13-11+. The van der Waals surface area contributed by atoms with Crippen LogP contribution in [0.5, 0.6) is 0 Å². The van der Waals surface area contributed by atoms with E-state index in [4.69, 9.17) is 0 Å². The van der Waals surface area contributed by atoms with E-state index in [1.54, 1.807) is 36.0 Å².